The smallest absolute Gasteiger partial charge is 0.409 e. The predicted molar refractivity (Wildman–Crippen MR) is 256 cm³/mol. The molecule has 1 aromatic carbocycles. The number of carbonyl (C=O) groups excluding carboxylic acids is 5. The second-order valence-corrected chi connectivity index (χ2v) is 20.2. The molecule has 2 aromatic rings. The minimum Gasteiger partial charge on any atom is -0.446 e. The van der Waals surface area contributed by atoms with Gasteiger partial charge in [-0.15, -0.1) is 0 Å². The van der Waals surface area contributed by atoms with Crippen molar-refractivity contribution in [1.82, 2.24) is 30.7 Å². The largest absolute Gasteiger partial charge is 0.446 e. The van der Waals surface area contributed by atoms with E-state index >= 15 is 0 Å². The van der Waals surface area contributed by atoms with E-state index in [1.807, 2.05) is 46.2 Å². The zero-order valence-electron chi connectivity index (χ0n) is 40.4. The maximum atomic E-state index is 13.4. The lowest BCUT2D eigenvalue weighted by atomic mass is 9.47. The van der Waals surface area contributed by atoms with Crippen molar-refractivity contribution in [1.29, 1.82) is 0 Å². The number of ether oxygens (including phenoxy) is 2. The van der Waals surface area contributed by atoms with Crippen molar-refractivity contribution < 1.29 is 33.4 Å². The van der Waals surface area contributed by atoms with Gasteiger partial charge in [0.25, 0.3) is 0 Å². The van der Waals surface area contributed by atoms with E-state index in [2.05, 4.69) is 58.3 Å². The van der Waals surface area contributed by atoms with Crippen molar-refractivity contribution in [3.63, 3.8) is 0 Å². The SMILES string of the molecule is CC(C)N[C@H](C(=O)N[C@@H](CCCNC(N)=O)C(=O)Nc1ccc(COC(=O)N(C)CCN(C)C(=O)O[C@H]2CC[C@@]3(C)C(=CC[C@@H]4[C@@H]3CC[C@]3(C)C(c5cccnc5)=CC[C@@H]43)C2)cc1)C(C)C. The number of likely N-dealkylation sites (N-methyl/N-ethyl adjacent to an activating group) is 2. The molecule has 6 N–H and O–H groups in total. The van der Waals surface area contributed by atoms with Gasteiger partial charge in [0.2, 0.25) is 11.8 Å². The summed E-state index contributed by atoms with van der Waals surface area (Å²) in [6.45, 7) is 13.5. The zero-order valence-corrected chi connectivity index (χ0v) is 40.4. The topological polar surface area (TPSA) is 197 Å². The minimum atomic E-state index is -0.863. The average molecular weight is 911 g/mol. The summed E-state index contributed by atoms with van der Waals surface area (Å²) in [7, 11) is 3.32. The number of hydrogen-bond acceptors (Lipinski definition) is 9. The van der Waals surface area contributed by atoms with Crippen LogP contribution in [0.5, 0.6) is 0 Å². The van der Waals surface area contributed by atoms with Gasteiger partial charge in [-0.3, -0.25) is 14.6 Å². The molecular formula is C51H74N8O7. The zero-order chi connectivity index (χ0) is 47.8. The fraction of sp³-hybridized carbons (Fsp3) is 0.608. The van der Waals surface area contributed by atoms with E-state index in [4.69, 9.17) is 15.2 Å². The maximum Gasteiger partial charge on any atom is 0.409 e. The summed E-state index contributed by atoms with van der Waals surface area (Å²) >= 11 is 0. The molecule has 0 bridgehead atoms. The molecule has 6 rings (SSSR count). The lowest BCUT2D eigenvalue weighted by Gasteiger charge is -2.57. The molecule has 6 amide bonds. The Hall–Kier alpha value is -5.44. The summed E-state index contributed by atoms with van der Waals surface area (Å²) in [4.78, 5) is 71.5. The number of carbonyl (C=O) groups is 5. The quantitative estimate of drug-likeness (QED) is 0.0738. The van der Waals surface area contributed by atoms with Gasteiger partial charge < -0.3 is 46.3 Å². The van der Waals surface area contributed by atoms with Crippen molar-refractivity contribution in [2.75, 3.05) is 39.0 Å². The summed E-state index contributed by atoms with van der Waals surface area (Å²) in [6, 6.07) is 9.17. The van der Waals surface area contributed by atoms with Crippen molar-refractivity contribution >= 4 is 41.3 Å². The molecule has 1 aromatic heterocycles. The van der Waals surface area contributed by atoms with Crippen LogP contribution in [0.2, 0.25) is 0 Å². The highest BCUT2D eigenvalue weighted by atomic mass is 16.6. The normalized spacial score (nSPS) is 25.2. The van der Waals surface area contributed by atoms with Crippen LogP contribution in [0.25, 0.3) is 5.57 Å². The summed E-state index contributed by atoms with van der Waals surface area (Å²) in [5, 5.41) is 11.5. The van der Waals surface area contributed by atoms with Gasteiger partial charge in [-0.2, -0.15) is 0 Å². The molecule has 2 saturated carbocycles. The molecule has 66 heavy (non-hydrogen) atoms. The van der Waals surface area contributed by atoms with Crippen LogP contribution >= 0.6 is 0 Å². The molecule has 0 spiro atoms. The Morgan fingerprint density at radius 3 is 2.26 bits per heavy atom. The van der Waals surface area contributed by atoms with E-state index in [9.17, 15) is 24.0 Å². The number of nitrogens with zero attached hydrogens (tertiary/aromatic N) is 3. The second-order valence-electron chi connectivity index (χ2n) is 20.2. The monoisotopic (exact) mass is 911 g/mol. The highest BCUT2D eigenvalue weighted by molar-refractivity contribution is 5.98. The number of hydrogen-bond donors (Lipinski definition) is 5. The number of nitrogens with one attached hydrogen (secondary N) is 4. The van der Waals surface area contributed by atoms with Crippen LogP contribution in [-0.2, 0) is 25.7 Å². The molecular weight excluding hydrogens is 837 g/mol. The Morgan fingerprint density at radius 1 is 0.879 bits per heavy atom. The van der Waals surface area contributed by atoms with Crippen molar-refractivity contribution in [2.24, 2.45) is 40.2 Å². The van der Waals surface area contributed by atoms with Gasteiger partial charge in [0.15, 0.2) is 0 Å². The lowest BCUT2D eigenvalue weighted by molar-refractivity contribution is -0.129. The van der Waals surface area contributed by atoms with Gasteiger partial charge in [-0.1, -0.05) is 77.5 Å². The maximum absolute atomic E-state index is 13.4. The molecule has 1 heterocycles. The Kier molecular flexibility index (Phi) is 16.6. The first-order valence-corrected chi connectivity index (χ1v) is 24.0. The number of aromatic nitrogens is 1. The molecule has 0 saturated heterocycles. The van der Waals surface area contributed by atoms with Gasteiger partial charge in [-0.05, 0) is 121 Å². The predicted octanol–water partition coefficient (Wildman–Crippen LogP) is 7.64. The number of rotatable bonds is 18. The van der Waals surface area contributed by atoms with Gasteiger partial charge >= 0.3 is 18.2 Å². The Morgan fingerprint density at radius 2 is 1.59 bits per heavy atom. The molecule has 0 aliphatic heterocycles. The summed E-state index contributed by atoms with van der Waals surface area (Å²) in [6.07, 6.45) is 15.6. The van der Waals surface area contributed by atoms with Gasteiger partial charge in [-0.25, -0.2) is 14.4 Å². The first-order valence-electron chi connectivity index (χ1n) is 24.0. The van der Waals surface area contributed by atoms with Crippen molar-refractivity contribution in [3.05, 3.63) is 77.6 Å². The molecule has 0 unspecified atom stereocenters. The summed E-state index contributed by atoms with van der Waals surface area (Å²) < 4.78 is 11.6. The van der Waals surface area contributed by atoms with E-state index in [1.165, 1.54) is 39.4 Å². The van der Waals surface area contributed by atoms with Crippen molar-refractivity contribution in [2.45, 2.75) is 130 Å². The summed E-state index contributed by atoms with van der Waals surface area (Å²) in [5.74, 6) is 1.19. The van der Waals surface area contributed by atoms with Crippen LogP contribution in [0.4, 0.5) is 20.1 Å². The lowest BCUT2D eigenvalue weighted by Crippen LogP contribution is -2.54. The third-order valence-corrected chi connectivity index (χ3v) is 14.9. The fourth-order valence-corrected chi connectivity index (χ4v) is 11.1. The van der Waals surface area contributed by atoms with Crippen molar-refractivity contribution in [3.8, 4) is 0 Å². The highest BCUT2D eigenvalue weighted by Gasteiger charge is 2.57. The first kappa shape index (κ1) is 50.0. The van der Waals surface area contributed by atoms with Crippen LogP contribution in [0.15, 0.2) is 66.5 Å². The fourth-order valence-electron chi connectivity index (χ4n) is 11.1. The third kappa shape index (κ3) is 11.9. The number of pyridine rings is 1. The number of urea groups is 1. The average Bonchev–Trinajstić information content (AvgIpc) is 3.65. The van der Waals surface area contributed by atoms with E-state index in [0.29, 0.717) is 35.4 Å². The molecule has 2 fully saturated rings. The highest BCUT2D eigenvalue weighted by Crippen LogP contribution is 2.66. The molecule has 360 valence electrons. The second kappa shape index (κ2) is 21.9. The van der Waals surface area contributed by atoms with E-state index < -0.39 is 36.2 Å². The van der Waals surface area contributed by atoms with Crippen LogP contribution in [0.3, 0.4) is 0 Å². The van der Waals surface area contributed by atoms with Crippen LogP contribution < -0.4 is 27.0 Å². The standard InChI is InChI=1S/C51H74N8O7/c1-32(2)44(55-33(3)4)46(61)57-43(12-10-26-54-47(52)62)45(60)56-37-16-13-34(14-17-37)31-65-48(63)58(7)27-28-59(8)49(64)66-38-21-23-50(5)36(29-38)15-18-39-41-20-19-40(35-11-9-25-53-30-35)51(41,6)24-22-42(39)50/h9,11,13-17,19,25,30,32-33,38-39,41-44,55H,10,12,18,20-24,26-29,31H2,1-8H3,(H,56,60)(H,57,61)(H3,52,54,62)/t38-,39-,41-,42-,43-,44-,50-,51+/m0/s1. The van der Waals surface area contributed by atoms with Gasteiger partial charge in [0, 0.05) is 64.3 Å². The van der Waals surface area contributed by atoms with E-state index in [0.717, 1.165) is 32.1 Å². The first-order chi connectivity index (χ1) is 31.4. The van der Waals surface area contributed by atoms with E-state index in [-0.39, 0.29) is 67.5 Å². The number of anilines is 1. The Balaban J connectivity index is 0.929. The van der Waals surface area contributed by atoms with Gasteiger partial charge in [0.05, 0.1) is 6.04 Å². The third-order valence-electron chi connectivity index (χ3n) is 14.9. The number of amides is 6. The molecule has 0 radical (unpaired) electrons. The molecule has 15 heteroatoms. The van der Waals surface area contributed by atoms with Crippen LogP contribution in [0, 0.1) is 34.5 Å². The number of benzene rings is 1. The molecule has 15 nitrogen and oxygen atoms in total. The molecule has 4 aliphatic rings. The van der Waals surface area contributed by atoms with Crippen LogP contribution in [-0.4, -0.2) is 103 Å². The molecule has 8 atom stereocenters. The summed E-state index contributed by atoms with van der Waals surface area (Å²) in [5.41, 5.74) is 10.9. The van der Waals surface area contributed by atoms with Crippen LogP contribution in [0.1, 0.15) is 110 Å². The number of nitrogens with two attached hydrogens (primary N) is 1. The number of primary amides is 1. The minimum absolute atomic E-state index is 0.00161. The molecule has 4 aliphatic carbocycles. The van der Waals surface area contributed by atoms with E-state index in [1.54, 1.807) is 38.4 Å². The Bertz CT molecular complexity index is 2090. The number of allylic oxidation sites excluding steroid dienone is 3. The van der Waals surface area contributed by atoms with Gasteiger partial charge in [0.1, 0.15) is 18.8 Å². The number of fused-ring (bicyclic) bond motifs is 5. The Labute approximate surface area is 391 Å².